The second-order valence-electron chi connectivity index (χ2n) is 11.6. The van der Waals surface area contributed by atoms with Gasteiger partial charge in [-0.25, -0.2) is 0 Å². The molecule has 21 heteroatoms. The van der Waals surface area contributed by atoms with Crippen LogP contribution in [-0.2, 0) is 95.2 Å². The Morgan fingerprint density at radius 3 is 0.981 bits per heavy atom. The number of nitrogens with one attached hydrogen (secondary N) is 1. The van der Waals surface area contributed by atoms with Crippen molar-refractivity contribution in [3.05, 3.63) is 0 Å². The molecule has 0 radical (unpaired) electrons. The average Bonchev–Trinajstić information content (AvgIpc) is 3.02. The second-order valence-corrected chi connectivity index (χ2v) is 11.6. The minimum absolute atomic E-state index is 0.104. The van der Waals surface area contributed by atoms with Gasteiger partial charge in [0.25, 0.3) is 0 Å². The SMILES string of the molecule is CC(=O)OC[C@H]1O[C@H](OCCNCCO[C@H]2O[C@H](COC(C)=O)[C@@H](OC(C)=O)[C@H](OC(C)=O)[C@@H]2OC(C)=O)[C@@H](OC(C)=O)[C@@H](OC(C)=O)[C@@H]1OC(C)=O. The van der Waals surface area contributed by atoms with Gasteiger partial charge in [0, 0.05) is 68.5 Å². The van der Waals surface area contributed by atoms with Crippen molar-refractivity contribution in [3.63, 3.8) is 0 Å². The van der Waals surface area contributed by atoms with Gasteiger partial charge in [-0.05, 0) is 0 Å². The minimum atomic E-state index is -1.40. The van der Waals surface area contributed by atoms with Crippen LogP contribution >= 0.6 is 0 Å². The Hall–Kier alpha value is -4.44. The van der Waals surface area contributed by atoms with Gasteiger partial charge in [-0.3, -0.25) is 38.4 Å². The fraction of sp³-hybridized carbons (Fsp3) is 0.750. The topological polar surface area (TPSA) is 259 Å². The summed E-state index contributed by atoms with van der Waals surface area (Å²) in [6.07, 6.45) is -13.4. The number of ether oxygens (including phenoxy) is 12. The van der Waals surface area contributed by atoms with Crippen molar-refractivity contribution in [2.24, 2.45) is 0 Å². The van der Waals surface area contributed by atoms with Crippen LogP contribution in [0.2, 0.25) is 0 Å². The van der Waals surface area contributed by atoms with Crippen molar-refractivity contribution < 1.29 is 95.2 Å². The first kappa shape index (κ1) is 44.7. The van der Waals surface area contributed by atoms with Gasteiger partial charge in [0.05, 0.1) is 13.2 Å². The van der Waals surface area contributed by atoms with E-state index in [0.29, 0.717) is 0 Å². The molecule has 2 saturated heterocycles. The highest BCUT2D eigenvalue weighted by molar-refractivity contribution is 5.70. The number of hydrogen-bond donors (Lipinski definition) is 1. The largest absolute Gasteiger partial charge is 0.463 e. The van der Waals surface area contributed by atoms with Crippen molar-refractivity contribution in [2.75, 3.05) is 39.5 Å². The lowest BCUT2D eigenvalue weighted by molar-refractivity contribution is -0.308. The van der Waals surface area contributed by atoms with Crippen LogP contribution in [0.4, 0.5) is 0 Å². The molecule has 0 aliphatic carbocycles. The fourth-order valence-corrected chi connectivity index (χ4v) is 5.27. The molecule has 0 amide bonds. The summed E-state index contributed by atoms with van der Waals surface area (Å²) in [5.74, 6) is -6.07. The summed E-state index contributed by atoms with van der Waals surface area (Å²) < 4.78 is 65.6. The third-order valence-corrected chi connectivity index (χ3v) is 7.02. The number of rotatable bonds is 18. The van der Waals surface area contributed by atoms with Crippen LogP contribution in [0.25, 0.3) is 0 Å². The van der Waals surface area contributed by atoms with Crippen molar-refractivity contribution in [2.45, 2.75) is 117 Å². The molecule has 2 aliphatic rings. The van der Waals surface area contributed by atoms with E-state index < -0.39 is 122 Å². The summed E-state index contributed by atoms with van der Waals surface area (Å²) >= 11 is 0. The molecule has 2 heterocycles. The van der Waals surface area contributed by atoms with Gasteiger partial charge in [0.2, 0.25) is 0 Å². The lowest BCUT2D eigenvalue weighted by Gasteiger charge is -2.44. The average molecular weight is 766 g/mol. The molecular formula is C32H47NO20. The molecule has 0 spiro atoms. The first-order valence-corrected chi connectivity index (χ1v) is 16.4. The van der Waals surface area contributed by atoms with E-state index in [-0.39, 0.29) is 26.3 Å². The van der Waals surface area contributed by atoms with E-state index >= 15 is 0 Å². The molecular weight excluding hydrogens is 718 g/mol. The minimum Gasteiger partial charge on any atom is -0.463 e. The maximum Gasteiger partial charge on any atom is 0.303 e. The van der Waals surface area contributed by atoms with E-state index in [1.54, 1.807) is 0 Å². The molecule has 0 unspecified atom stereocenters. The number of carbonyl (C=O) groups is 8. The van der Waals surface area contributed by atoms with E-state index in [1.807, 2.05) is 0 Å². The summed E-state index contributed by atoms with van der Waals surface area (Å²) in [7, 11) is 0. The molecule has 0 saturated carbocycles. The lowest BCUT2D eigenvalue weighted by Crippen LogP contribution is -2.63. The zero-order chi connectivity index (χ0) is 39.8. The Balaban J connectivity index is 2.13. The maximum atomic E-state index is 12.0. The van der Waals surface area contributed by atoms with E-state index in [9.17, 15) is 38.4 Å². The molecule has 2 fully saturated rings. The first-order chi connectivity index (χ1) is 24.9. The predicted molar refractivity (Wildman–Crippen MR) is 169 cm³/mol. The van der Waals surface area contributed by atoms with Crippen LogP contribution in [0.1, 0.15) is 55.4 Å². The van der Waals surface area contributed by atoms with Crippen LogP contribution in [-0.4, -0.2) is 149 Å². The van der Waals surface area contributed by atoms with E-state index in [2.05, 4.69) is 5.32 Å². The van der Waals surface area contributed by atoms with Crippen molar-refractivity contribution >= 4 is 47.8 Å². The van der Waals surface area contributed by atoms with Gasteiger partial charge in [-0.15, -0.1) is 0 Å². The normalized spacial score (nSPS) is 28.0. The molecule has 10 atom stereocenters. The summed E-state index contributed by atoms with van der Waals surface area (Å²) in [6.45, 7) is 8.06. The Labute approximate surface area is 304 Å². The smallest absolute Gasteiger partial charge is 0.303 e. The molecule has 2 aliphatic heterocycles. The Morgan fingerprint density at radius 2 is 0.698 bits per heavy atom. The quantitative estimate of drug-likeness (QED) is 0.0973. The number of esters is 8. The van der Waals surface area contributed by atoms with Crippen LogP contribution in [0.3, 0.4) is 0 Å². The standard InChI is InChI=1S/C32H47NO20/c1-15(34)44-13-23-25(46-17(3)36)27(48-19(5)38)29(50-21(7)40)31(52-23)42-11-9-33-10-12-43-32-30(51-22(8)41)28(49-20(6)39)26(47-18(4)37)24(53-32)14-45-16(2)35/h23-33H,9-14H2,1-8H3/t23-,24-,25-,26-,27+,28+,29+,30+,31+,32+/m1/s1. The third-order valence-electron chi connectivity index (χ3n) is 7.02. The van der Waals surface area contributed by atoms with E-state index in [1.165, 1.54) is 0 Å². The number of hydrogen-bond acceptors (Lipinski definition) is 21. The molecule has 0 bridgehead atoms. The third kappa shape index (κ3) is 15.6. The highest BCUT2D eigenvalue weighted by Gasteiger charge is 2.54. The monoisotopic (exact) mass is 765 g/mol. The van der Waals surface area contributed by atoms with Crippen LogP contribution in [0.15, 0.2) is 0 Å². The van der Waals surface area contributed by atoms with Crippen molar-refractivity contribution in [3.8, 4) is 0 Å². The Bertz CT molecular complexity index is 1210. The van der Waals surface area contributed by atoms with Gasteiger partial charge in [-0.2, -0.15) is 0 Å². The van der Waals surface area contributed by atoms with E-state index in [0.717, 1.165) is 55.4 Å². The van der Waals surface area contributed by atoms with E-state index in [4.69, 9.17) is 56.8 Å². The molecule has 53 heavy (non-hydrogen) atoms. The lowest BCUT2D eigenvalue weighted by atomic mass is 9.98. The van der Waals surface area contributed by atoms with Gasteiger partial charge in [0.1, 0.15) is 25.4 Å². The maximum absolute atomic E-state index is 12.0. The summed E-state index contributed by atoms with van der Waals surface area (Å²) in [6, 6.07) is 0. The summed E-state index contributed by atoms with van der Waals surface area (Å²) in [5, 5.41) is 3.01. The van der Waals surface area contributed by atoms with Crippen LogP contribution < -0.4 is 5.32 Å². The molecule has 1 N–H and O–H groups in total. The Morgan fingerprint density at radius 1 is 0.415 bits per heavy atom. The fourth-order valence-electron chi connectivity index (χ4n) is 5.27. The molecule has 0 aromatic heterocycles. The van der Waals surface area contributed by atoms with Gasteiger partial charge >= 0.3 is 47.8 Å². The molecule has 2 rings (SSSR count). The Kier molecular flexibility index (Phi) is 18.5. The zero-order valence-electron chi connectivity index (χ0n) is 30.7. The summed E-state index contributed by atoms with van der Waals surface area (Å²) in [4.78, 5) is 95.0. The van der Waals surface area contributed by atoms with Gasteiger partial charge in [-0.1, -0.05) is 0 Å². The highest BCUT2D eigenvalue weighted by atomic mass is 16.7. The van der Waals surface area contributed by atoms with Crippen molar-refractivity contribution in [1.82, 2.24) is 5.32 Å². The molecule has 0 aromatic carbocycles. The molecule has 300 valence electrons. The number of carbonyl (C=O) groups excluding carboxylic acids is 8. The van der Waals surface area contributed by atoms with Crippen molar-refractivity contribution in [1.29, 1.82) is 0 Å². The zero-order valence-corrected chi connectivity index (χ0v) is 30.7. The first-order valence-electron chi connectivity index (χ1n) is 16.4. The summed E-state index contributed by atoms with van der Waals surface area (Å²) in [5.41, 5.74) is 0. The van der Waals surface area contributed by atoms with Crippen LogP contribution in [0.5, 0.6) is 0 Å². The van der Waals surface area contributed by atoms with Gasteiger partial charge < -0.3 is 62.2 Å². The highest BCUT2D eigenvalue weighted by Crippen LogP contribution is 2.31. The second kappa shape index (κ2) is 21.9. The molecule has 21 nitrogen and oxygen atoms in total. The predicted octanol–water partition coefficient (Wildman–Crippen LogP) is -1.22. The molecule has 0 aromatic rings. The van der Waals surface area contributed by atoms with Gasteiger partial charge in [0.15, 0.2) is 49.2 Å². The van der Waals surface area contributed by atoms with Crippen LogP contribution in [0, 0.1) is 0 Å².